The van der Waals surface area contributed by atoms with Crippen LogP contribution < -0.4 is 15.0 Å². The number of rotatable bonds is 10. The zero-order chi connectivity index (χ0) is 17.9. The third-order valence-electron chi connectivity index (χ3n) is 3.89. The Morgan fingerprint density at radius 2 is 1.68 bits per heavy atom. The molecule has 2 aromatic carbocycles. The summed E-state index contributed by atoms with van der Waals surface area (Å²) in [6.45, 7) is 3.47. The van der Waals surface area contributed by atoms with Crippen LogP contribution in [0.3, 0.4) is 0 Å². The number of anilines is 1. The van der Waals surface area contributed by atoms with Crippen LogP contribution in [0.5, 0.6) is 5.75 Å². The minimum absolute atomic E-state index is 0.0416. The predicted molar refractivity (Wildman–Crippen MR) is 100 cm³/mol. The summed E-state index contributed by atoms with van der Waals surface area (Å²) < 4.78 is 10.8. The van der Waals surface area contributed by atoms with Crippen molar-refractivity contribution >= 4 is 11.6 Å². The van der Waals surface area contributed by atoms with Crippen LogP contribution in [0.25, 0.3) is 0 Å². The first-order valence-electron chi connectivity index (χ1n) is 8.47. The lowest BCUT2D eigenvalue weighted by molar-refractivity contribution is -0.125. The molecule has 0 aliphatic rings. The van der Waals surface area contributed by atoms with Crippen LogP contribution in [0.1, 0.15) is 6.92 Å². The van der Waals surface area contributed by atoms with Crippen molar-refractivity contribution in [2.45, 2.75) is 13.0 Å². The van der Waals surface area contributed by atoms with Gasteiger partial charge in [-0.25, -0.2) is 0 Å². The van der Waals surface area contributed by atoms with Crippen molar-refractivity contribution < 1.29 is 14.3 Å². The molecule has 0 bridgehead atoms. The predicted octanol–water partition coefficient (Wildman–Crippen LogP) is 2.72. The van der Waals surface area contributed by atoms with Gasteiger partial charge >= 0.3 is 0 Å². The topological polar surface area (TPSA) is 50.8 Å². The highest BCUT2D eigenvalue weighted by Crippen LogP contribution is 2.13. The van der Waals surface area contributed by atoms with E-state index < -0.39 is 0 Å². The highest BCUT2D eigenvalue weighted by molar-refractivity contribution is 5.77. The van der Waals surface area contributed by atoms with Crippen LogP contribution in [-0.2, 0) is 9.53 Å². The van der Waals surface area contributed by atoms with E-state index in [1.165, 1.54) is 0 Å². The smallest absolute Gasteiger partial charge is 0.246 e. The second kappa shape index (κ2) is 10.4. The average Bonchev–Trinajstić information content (AvgIpc) is 2.66. The van der Waals surface area contributed by atoms with E-state index in [-0.39, 0.29) is 18.6 Å². The molecule has 2 rings (SSSR count). The summed E-state index contributed by atoms with van der Waals surface area (Å²) in [7, 11) is 2.02. The molecule has 1 atom stereocenters. The van der Waals surface area contributed by atoms with Crippen LogP contribution in [0.2, 0.25) is 0 Å². The third-order valence-corrected chi connectivity index (χ3v) is 3.89. The number of hydrogen-bond donors (Lipinski definition) is 1. The van der Waals surface area contributed by atoms with E-state index in [1.54, 1.807) is 0 Å². The lowest BCUT2D eigenvalue weighted by Gasteiger charge is -2.27. The van der Waals surface area contributed by atoms with E-state index in [9.17, 15) is 4.79 Å². The Morgan fingerprint density at radius 1 is 1.04 bits per heavy atom. The number of amides is 1. The number of likely N-dealkylation sites (N-methyl/N-ethyl adjacent to an activating group) is 1. The summed E-state index contributed by atoms with van der Waals surface area (Å²) in [6, 6.07) is 19.8. The zero-order valence-electron chi connectivity index (χ0n) is 14.9. The standard InChI is InChI=1S/C20H26N2O3/c1-17(22(2)18-9-5-3-6-10-18)15-21-20(23)16-24-13-14-25-19-11-7-4-8-12-19/h3-12,17H,13-16H2,1-2H3,(H,21,23)/t17-/m0/s1. The second-order valence-corrected chi connectivity index (χ2v) is 5.81. The van der Waals surface area contributed by atoms with E-state index in [4.69, 9.17) is 9.47 Å². The Kier molecular flexibility index (Phi) is 7.79. The van der Waals surface area contributed by atoms with E-state index in [0.717, 1.165) is 11.4 Å². The molecule has 25 heavy (non-hydrogen) atoms. The molecule has 0 unspecified atom stereocenters. The van der Waals surface area contributed by atoms with Crippen LogP contribution in [-0.4, -0.2) is 45.4 Å². The maximum absolute atomic E-state index is 11.8. The summed E-state index contributed by atoms with van der Waals surface area (Å²) in [5.41, 5.74) is 1.12. The number of nitrogens with zero attached hydrogens (tertiary/aromatic N) is 1. The molecule has 0 aromatic heterocycles. The van der Waals surface area contributed by atoms with Crippen LogP contribution in [0, 0.1) is 0 Å². The van der Waals surface area contributed by atoms with Gasteiger partial charge in [0.2, 0.25) is 5.91 Å². The summed E-state index contributed by atoms with van der Waals surface area (Å²) in [4.78, 5) is 14.0. The number of ether oxygens (including phenoxy) is 2. The SMILES string of the molecule is C[C@@H](CNC(=O)COCCOc1ccccc1)N(C)c1ccccc1. The van der Waals surface area contributed by atoms with Crippen molar-refractivity contribution in [2.24, 2.45) is 0 Å². The molecule has 2 aromatic rings. The van der Waals surface area contributed by atoms with Crippen molar-refractivity contribution in [3.8, 4) is 5.75 Å². The Hall–Kier alpha value is -2.53. The van der Waals surface area contributed by atoms with Crippen LogP contribution in [0.4, 0.5) is 5.69 Å². The average molecular weight is 342 g/mol. The maximum atomic E-state index is 11.8. The van der Waals surface area contributed by atoms with Gasteiger partial charge in [-0.05, 0) is 31.2 Å². The molecule has 0 radical (unpaired) electrons. The Labute approximate surface area is 149 Å². The fourth-order valence-corrected chi connectivity index (χ4v) is 2.27. The summed E-state index contributed by atoms with van der Waals surface area (Å²) in [5.74, 6) is 0.682. The molecule has 5 nitrogen and oxygen atoms in total. The highest BCUT2D eigenvalue weighted by Gasteiger charge is 2.11. The number of nitrogens with one attached hydrogen (secondary N) is 1. The molecule has 0 saturated heterocycles. The number of carbonyl (C=O) groups excluding carboxylic acids is 1. The minimum Gasteiger partial charge on any atom is -0.491 e. The molecule has 0 fully saturated rings. The molecule has 0 spiro atoms. The van der Waals surface area contributed by atoms with Gasteiger partial charge in [0, 0.05) is 25.3 Å². The molecule has 134 valence electrons. The molecule has 0 saturated carbocycles. The van der Waals surface area contributed by atoms with Gasteiger partial charge in [0.15, 0.2) is 0 Å². The molecule has 0 aliphatic carbocycles. The van der Waals surface area contributed by atoms with E-state index in [1.807, 2.05) is 67.7 Å². The largest absolute Gasteiger partial charge is 0.491 e. The van der Waals surface area contributed by atoms with Crippen molar-refractivity contribution in [1.29, 1.82) is 0 Å². The number of para-hydroxylation sites is 2. The first-order valence-corrected chi connectivity index (χ1v) is 8.47. The maximum Gasteiger partial charge on any atom is 0.246 e. The van der Waals surface area contributed by atoms with Gasteiger partial charge in [-0.1, -0.05) is 36.4 Å². The van der Waals surface area contributed by atoms with E-state index >= 15 is 0 Å². The molecule has 0 heterocycles. The fraction of sp³-hybridized carbons (Fsp3) is 0.350. The quantitative estimate of drug-likeness (QED) is 0.675. The van der Waals surface area contributed by atoms with Gasteiger partial charge in [-0.2, -0.15) is 0 Å². The highest BCUT2D eigenvalue weighted by atomic mass is 16.5. The first kappa shape index (κ1) is 18.8. The van der Waals surface area contributed by atoms with Gasteiger partial charge in [-0.15, -0.1) is 0 Å². The minimum atomic E-state index is -0.118. The first-order chi connectivity index (χ1) is 12.2. The normalized spacial score (nSPS) is 11.6. The van der Waals surface area contributed by atoms with Gasteiger partial charge in [-0.3, -0.25) is 4.79 Å². The molecule has 1 N–H and O–H groups in total. The fourth-order valence-electron chi connectivity index (χ4n) is 2.27. The molecular weight excluding hydrogens is 316 g/mol. The number of benzene rings is 2. The van der Waals surface area contributed by atoms with Crippen molar-refractivity contribution in [3.63, 3.8) is 0 Å². The van der Waals surface area contributed by atoms with Crippen LogP contribution >= 0.6 is 0 Å². The number of carbonyl (C=O) groups is 1. The second-order valence-electron chi connectivity index (χ2n) is 5.81. The summed E-state index contributed by atoms with van der Waals surface area (Å²) in [6.07, 6.45) is 0. The van der Waals surface area contributed by atoms with Crippen molar-refractivity contribution in [3.05, 3.63) is 60.7 Å². The molecule has 0 aliphatic heterocycles. The third kappa shape index (κ3) is 6.85. The monoisotopic (exact) mass is 342 g/mol. The summed E-state index contributed by atoms with van der Waals surface area (Å²) in [5, 5.41) is 2.90. The Balaban J connectivity index is 1.57. The van der Waals surface area contributed by atoms with E-state index in [0.29, 0.717) is 19.8 Å². The van der Waals surface area contributed by atoms with E-state index in [2.05, 4.69) is 17.1 Å². The lowest BCUT2D eigenvalue weighted by Crippen LogP contribution is -2.41. The van der Waals surface area contributed by atoms with Crippen molar-refractivity contribution in [2.75, 3.05) is 38.3 Å². The van der Waals surface area contributed by atoms with Gasteiger partial charge in [0.05, 0.1) is 6.61 Å². The van der Waals surface area contributed by atoms with Crippen molar-refractivity contribution in [1.82, 2.24) is 5.32 Å². The van der Waals surface area contributed by atoms with Gasteiger partial charge < -0.3 is 19.7 Å². The van der Waals surface area contributed by atoms with Gasteiger partial charge in [0.1, 0.15) is 19.0 Å². The van der Waals surface area contributed by atoms with Crippen LogP contribution in [0.15, 0.2) is 60.7 Å². The molecule has 1 amide bonds. The zero-order valence-corrected chi connectivity index (χ0v) is 14.9. The Morgan fingerprint density at radius 3 is 2.36 bits per heavy atom. The summed E-state index contributed by atoms with van der Waals surface area (Å²) >= 11 is 0. The lowest BCUT2D eigenvalue weighted by atomic mass is 10.2. The molecule has 5 heteroatoms. The Bertz CT molecular complexity index is 619. The van der Waals surface area contributed by atoms with Gasteiger partial charge in [0.25, 0.3) is 0 Å². The number of hydrogen-bond acceptors (Lipinski definition) is 4. The molecular formula is C20H26N2O3.